The minimum atomic E-state index is 0.0820. The van der Waals surface area contributed by atoms with Crippen LogP contribution in [-0.4, -0.2) is 27.9 Å². The molecule has 1 saturated carbocycles. The normalized spacial score (nSPS) is 22.3. The Bertz CT molecular complexity index is 862. The third kappa shape index (κ3) is 3.71. The van der Waals surface area contributed by atoms with Crippen LogP contribution in [-0.2, 0) is 0 Å². The van der Waals surface area contributed by atoms with Gasteiger partial charge in [0.05, 0.1) is 6.04 Å². The predicted octanol–water partition coefficient (Wildman–Crippen LogP) is 5.61. The summed E-state index contributed by atoms with van der Waals surface area (Å²) in [5.41, 5.74) is 2.25. The molecule has 2 aliphatic rings. The summed E-state index contributed by atoms with van der Waals surface area (Å²) >= 11 is 0. The standard InChI is InChI=1S/C23H28N2O2/c1-3-5-8-19-10-6-9-18(7-4-2)25(19)23(26)17-13-14-20-21(15-17)27-22(24-20)16-11-12-16/h4,6,10,13-16,18-19H,2-3,5,7-9,11-12H2,1H3/t18-,19-/m0/s1. The first-order valence-corrected chi connectivity index (χ1v) is 10.2. The van der Waals surface area contributed by atoms with E-state index in [0.29, 0.717) is 11.5 Å². The number of carbonyl (C=O) groups is 1. The van der Waals surface area contributed by atoms with Crippen molar-refractivity contribution in [2.75, 3.05) is 0 Å². The maximum absolute atomic E-state index is 13.5. The van der Waals surface area contributed by atoms with Gasteiger partial charge in [-0.05, 0) is 50.3 Å². The Labute approximate surface area is 160 Å². The number of nitrogens with zero attached hydrogens (tertiary/aromatic N) is 2. The highest BCUT2D eigenvalue weighted by atomic mass is 16.3. The summed E-state index contributed by atoms with van der Waals surface area (Å²) in [7, 11) is 0. The summed E-state index contributed by atoms with van der Waals surface area (Å²) in [4.78, 5) is 20.1. The SMILES string of the molecule is C=CC[C@H]1CC=C[C@H](CCCC)N1C(=O)c1ccc2nc(C3CC3)oc2c1. The van der Waals surface area contributed by atoms with E-state index < -0.39 is 0 Å². The van der Waals surface area contributed by atoms with Crippen LogP contribution < -0.4 is 0 Å². The molecule has 2 atom stereocenters. The topological polar surface area (TPSA) is 46.3 Å². The highest BCUT2D eigenvalue weighted by Crippen LogP contribution is 2.40. The zero-order valence-electron chi connectivity index (χ0n) is 16.1. The summed E-state index contributed by atoms with van der Waals surface area (Å²) in [6.45, 7) is 6.08. The van der Waals surface area contributed by atoms with E-state index in [1.807, 2.05) is 24.3 Å². The summed E-state index contributed by atoms with van der Waals surface area (Å²) < 4.78 is 5.92. The molecular weight excluding hydrogens is 336 g/mol. The number of carbonyl (C=O) groups excluding carboxylic acids is 1. The van der Waals surface area contributed by atoms with Gasteiger partial charge >= 0.3 is 0 Å². The van der Waals surface area contributed by atoms with Crippen LogP contribution in [0.4, 0.5) is 0 Å². The van der Waals surface area contributed by atoms with Gasteiger partial charge in [-0.2, -0.15) is 0 Å². The fraction of sp³-hybridized carbons (Fsp3) is 0.478. The van der Waals surface area contributed by atoms with Crippen LogP contribution in [0.15, 0.2) is 47.4 Å². The van der Waals surface area contributed by atoms with E-state index in [9.17, 15) is 4.79 Å². The third-order valence-corrected chi connectivity index (χ3v) is 5.62. The molecule has 142 valence electrons. The van der Waals surface area contributed by atoms with Crippen LogP contribution in [0.1, 0.15) is 74.0 Å². The molecule has 1 aliphatic heterocycles. The average Bonchev–Trinajstić information content (AvgIpc) is 3.45. The van der Waals surface area contributed by atoms with E-state index in [-0.39, 0.29) is 18.0 Å². The van der Waals surface area contributed by atoms with Crippen molar-refractivity contribution < 1.29 is 9.21 Å². The Hall–Kier alpha value is -2.36. The highest BCUT2D eigenvalue weighted by molar-refractivity contribution is 5.97. The van der Waals surface area contributed by atoms with E-state index in [2.05, 4.69) is 35.5 Å². The molecule has 0 bridgehead atoms. The van der Waals surface area contributed by atoms with Crippen LogP contribution in [0, 0.1) is 0 Å². The van der Waals surface area contributed by atoms with Crippen molar-refractivity contribution in [2.24, 2.45) is 0 Å². The van der Waals surface area contributed by atoms with Gasteiger partial charge in [-0.1, -0.05) is 38.0 Å². The molecule has 27 heavy (non-hydrogen) atoms. The first kappa shape index (κ1) is 18.0. The van der Waals surface area contributed by atoms with Crippen molar-refractivity contribution in [3.63, 3.8) is 0 Å². The summed E-state index contributed by atoms with van der Waals surface area (Å²) in [6, 6.07) is 6.01. The van der Waals surface area contributed by atoms with Crippen molar-refractivity contribution in [1.82, 2.24) is 9.88 Å². The maximum atomic E-state index is 13.5. The minimum absolute atomic E-state index is 0.0820. The molecular formula is C23H28N2O2. The Morgan fingerprint density at radius 2 is 2.26 bits per heavy atom. The van der Waals surface area contributed by atoms with Crippen molar-refractivity contribution in [3.8, 4) is 0 Å². The molecule has 0 N–H and O–H groups in total. The number of amides is 1. The van der Waals surface area contributed by atoms with Gasteiger partial charge in [0.15, 0.2) is 11.5 Å². The summed E-state index contributed by atoms with van der Waals surface area (Å²) in [5.74, 6) is 1.37. The second kappa shape index (κ2) is 7.71. The first-order chi connectivity index (χ1) is 13.2. The Balaban J connectivity index is 1.63. The van der Waals surface area contributed by atoms with E-state index in [0.717, 1.165) is 61.9 Å². The molecule has 1 amide bonds. The van der Waals surface area contributed by atoms with E-state index in [1.54, 1.807) is 0 Å². The molecule has 1 fully saturated rings. The molecule has 4 rings (SSSR count). The highest BCUT2D eigenvalue weighted by Gasteiger charge is 2.32. The molecule has 4 heteroatoms. The predicted molar refractivity (Wildman–Crippen MR) is 108 cm³/mol. The zero-order valence-corrected chi connectivity index (χ0v) is 16.1. The summed E-state index contributed by atoms with van der Waals surface area (Å²) in [5, 5.41) is 0. The van der Waals surface area contributed by atoms with E-state index in [1.165, 1.54) is 0 Å². The van der Waals surface area contributed by atoms with Crippen molar-refractivity contribution in [3.05, 3.63) is 54.5 Å². The van der Waals surface area contributed by atoms with Gasteiger partial charge in [0.1, 0.15) is 5.52 Å². The fourth-order valence-corrected chi connectivity index (χ4v) is 3.97. The largest absolute Gasteiger partial charge is 0.440 e. The Kier molecular flexibility index (Phi) is 5.15. The number of oxazole rings is 1. The van der Waals surface area contributed by atoms with Gasteiger partial charge in [0.25, 0.3) is 5.91 Å². The Morgan fingerprint density at radius 3 is 3.00 bits per heavy atom. The van der Waals surface area contributed by atoms with Gasteiger partial charge in [-0.25, -0.2) is 4.98 Å². The lowest BCUT2D eigenvalue weighted by molar-refractivity contribution is 0.0593. The van der Waals surface area contributed by atoms with E-state index >= 15 is 0 Å². The number of unbranched alkanes of at least 4 members (excludes halogenated alkanes) is 1. The van der Waals surface area contributed by atoms with Gasteiger partial charge in [-0.15, -0.1) is 6.58 Å². The molecule has 0 unspecified atom stereocenters. The number of aromatic nitrogens is 1. The number of hydrogen-bond acceptors (Lipinski definition) is 3. The second-order valence-corrected chi connectivity index (χ2v) is 7.77. The van der Waals surface area contributed by atoms with Gasteiger partial charge in [0.2, 0.25) is 0 Å². The molecule has 2 heterocycles. The van der Waals surface area contributed by atoms with E-state index in [4.69, 9.17) is 4.42 Å². The fourth-order valence-electron chi connectivity index (χ4n) is 3.97. The number of hydrogen-bond donors (Lipinski definition) is 0. The number of fused-ring (bicyclic) bond motifs is 1. The second-order valence-electron chi connectivity index (χ2n) is 7.77. The number of rotatable bonds is 7. The summed E-state index contributed by atoms with van der Waals surface area (Å²) in [6.07, 6.45) is 13.6. The molecule has 1 aromatic heterocycles. The molecule has 0 spiro atoms. The molecule has 0 saturated heterocycles. The van der Waals surface area contributed by atoms with Crippen molar-refractivity contribution in [2.45, 2.75) is 69.9 Å². The smallest absolute Gasteiger partial charge is 0.254 e. The minimum Gasteiger partial charge on any atom is -0.440 e. The zero-order chi connectivity index (χ0) is 18.8. The van der Waals surface area contributed by atoms with Crippen molar-refractivity contribution in [1.29, 1.82) is 0 Å². The molecule has 0 radical (unpaired) electrons. The lowest BCUT2D eigenvalue weighted by Crippen LogP contribution is -2.48. The Morgan fingerprint density at radius 1 is 1.41 bits per heavy atom. The van der Waals surface area contributed by atoms with Gasteiger partial charge in [0, 0.05) is 17.5 Å². The average molecular weight is 364 g/mol. The number of benzene rings is 1. The van der Waals surface area contributed by atoms with Crippen molar-refractivity contribution >= 4 is 17.0 Å². The lowest BCUT2D eigenvalue weighted by atomic mass is 9.95. The van der Waals surface area contributed by atoms with Crippen LogP contribution in [0.5, 0.6) is 0 Å². The van der Waals surface area contributed by atoms with Gasteiger partial charge < -0.3 is 9.32 Å². The molecule has 1 aliphatic carbocycles. The maximum Gasteiger partial charge on any atom is 0.254 e. The van der Waals surface area contributed by atoms with Crippen LogP contribution in [0.25, 0.3) is 11.1 Å². The monoisotopic (exact) mass is 364 g/mol. The van der Waals surface area contributed by atoms with Crippen LogP contribution in [0.2, 0.25) is 0 Å². The van der Waals surface area contributed by atoms with Crippen LogP contribution in [0.3, 0.4) is 0 Å². The lowest BCUT2D eigenvalue weighted by Gasteiger charge is -2.39. The molecule has 1 aromatic carbocycles. The quantitative estimate of drug-likeness (QED) is 0.600. The molecule has 4 nitrogen and oxygen atoms in total. The van der Waals surface area contributed by atoms with Gasteiger partial charge in [-0.3, -0.25) is 4.79 Å². The third-order valence-electron chi connectivity index (χ3n) is 5.62. The van der Waals surface area contributed by atoms with Crippen LogP contribution >= 0.6 is 0 Å². The first-order valence-electron chi connectivity index (χ1n) is 10.2. The molecule has 2 aromatic rings.